The van der Waals surface area contributed by atoms with E-state index in [0.717, 1.165) is 0 Å². The van der Waals surface area contributed by atoms with Crippen molar-refractivity contribution in [2.75, 3.05) is 13.1 Å². The third-order valence-electron chi connectivity index (χ3n) is 3.94. The minimum Gasteiger partial charge on any atom is -0.478 e. The Hall–Kier alpha value is -1.50. The molecule has 164 valence electrons. The second-order valence-electron chi connectivity index (χ2n) is 6.75. The Morgan fingerprint density at radius 3 is 1.21 bits per heavy atom. The van der Waals surface area contributed by atoms with Gasteiger partial charge in [0.1, 0.15) is 0 Å². The maximum absolute atomic E-state index is 11.7. The van der Waals surface area contributed by atoms with Crippen LogP contribution in [0.2, 0.25) is 0 Å². The van der Waals surface area contributed by atoms with E-state index < -0.39 is 42.5 Å². The molecular weight excluding hydrogens is 412 g/mol. The number of aliphatic carboxylic acids is 2. The molecule has 0 unspecified atom stereocenters. The van der Waals surface area contributed by atoms with Crippen LogP contribution in [0.1, 0.15) is 53.4 Å². The summed E-state index contributed by atoms with van der Waals surface area (Å²) in [5, 5.41) is 17.4. The molecule has 0 bridgehead atoms. The third-order valence-corrected chi connectivity index (χ3v) is 7.63. The van der Waals surface area contributed by atoms with Crippen LogP contribution in [-0.2, 0) is 29.6 Å². The van der Waals surface area contributed by atoms with Crippen molar-refractivity contribution in [1.82, 2.24) is 9.44 Å². The van der Waals surface area contributed by atoms with Crippen LogP contribution in [0.15, 0.2) is 11.1 Å². The summed E-state index contributed by atoms with van der Waals surface area (Å²) in [6, 6.07) is 0. The molecule has 0 aliphatic rings. The van der Waals surface area contributed by atoms with E-state index in [4.69, 9.17) is 0 Å². The van der Waals surface area contributed by atoms with Gasteiger partial charge in [-0.1, -0.05) is 0 Å². The molecule has 0 aliphatic heterocycles. The van der Waals surface area contributed by atoms with Gasteiger partial charge in [0.2, 0.25) is 20.0 Å². The Kier molecular flexibility index (Phi) is 10.9. The molecule has 0 atom stereocenters. The molecule has 0 aromatic carbocycles. The van der Waals surface area contributed by atoms with E-state index in [-0.39, 0.29) is 49.9 Å². The van der Waals surface area contributed by atoms with Crippen molar-refractivity contribution in [3.8, 4) is 0 Å². The van der Waals surface area contributed by atoms with Crippen LogP contribution >= 0.6 is 0 Å². The summed E-state index contributed by atoms with van der Waals surface area (Å²) < 4.78 is 51.3. The summed E-state index contributed by atoms with van der Waals surface area (Å²) in [5.74, 6) is -2.79. The van der Waals surface area contributed by atoms with Crippen molar-refractivity contribution >= 4 is 32.0 Å². The maximum Gasteiger partial charge on any atom is 0.332 e. The Bertz CT molecular complexity index is 717. The average molecular weight is 443 g/mol. The van der Waals surface area contributed by atoms with E-state index in [1.807, 2.05) is 0 Å². The van der Waals surface area contributed by atoms with Crippen molar-refractivity contribution in [2.45, 2.75) is 63.9 Å². The summed E-state index contributed by atoms with van der Waals surface area (Å²) in [4.78, 5) is 22.9. The van der Waals surface area contributed by atoms with Crippen LogP contribution in [0.3, 0.4) is 0 Å². The van der Waals surface area contributed by atoms with Crippen LogP contribution in [0, 0.1) is 0 Å². The Labute approximate surface area is 166 Å². The Morgan fingerprint density at radius 1 is 0.714 bits per heavy atom. The number of rotatable bonds is 14. The highest BCUT2D eigenvalue weighted by Gasteiger charge is 2.21. The highest BCUT2D eigenvalue weighted by Crippen LogP contribution is 2.17. The van der Waals surface area contributed by atoms with Crippen molar-refractivity contribution in [3.05, 3.63) is 11.1 Å². The number of hydrogen-bond donors (Lipinski definition) is 4. The number of sulfonamides is 2. The minimum absolute atomic E-state index is 0.0155. The molecule has 0 amide bonds. The molecule has 12 heteroatoms. The van der Waals surface area contributed by atoms with E-state index in [2.05, 4.69) is 9.44 Å². The molecule has 0 aromatic heterocycles. The van der Waals surface area contributed by atoms with E-state index in [1.165, 1.54) is 27.7 Å². The molecule has 0 rings (SSSR count). The fourth-order valence-corrected chi connectivity index (χ4v) is 3.59. The van der Waals surface area contributed by atoms with Crippen LogP contribution in [0.25, 0.3) is 0 Å². The molecule has 0 radical (unpaired) electrons. The maximum atomic E-state index is 11.7. The smallest absolute Gasteiger partial charge is 0.332 e. The van der Waals surface area contributed by atoms with Gasteiger partial charge in [0.15, 0.2) is 0 Å². The van der Waals surface area contributed by atoms with Gasteiger partial charge in [0, 0.05) is 24.2 Å². The van der Waals surface area contributed by atoms with Gasteiger partial charge in [-0.15, -0.1) is 0 Å². The van der Waals surface area contributed by atoms with Gasteiger partial charge in [0.05, 0.1) is 10.5 Å². The Morgan fingerprint density at radius 2 is 1.00 bits per heavy atom. The second kappa shape index (κ2) is 11.5. The molecule has 4 N–H and O–H groups in total. The Balaban J connectivity index is 4.99. The van der Waals surface area contributed by atoms with Gasteiger partial charge in [-0.3, -0.25) is 0 Å². The van der Waals surface area contributed by atoms with Crippen molar-refractivity contribution in [3.63, 3.8) is 0 Å². The first-order chi connectivity index (χ1) is 12.7. The summed E-state index contributed by atoms with van der Waals surface area (Å²) in [7, 11) is -6.97. The van der Waals surface area contributed by atoms with Gasteiger partial charge in [-0.25, -0.2) is 35.9 Å². The van der Waals surface area contributed by atoms with Crippen molar-refractivity contribution in [1.29, 1.82) is 0 Å². The summed E-state index contributed by atoms with van der Waals surface area (Å²) in [6.07, 6.45) is -0.0285. The average Bonchev–Trinajstić information content (AvgIpc) is 2.54. The lowest BCUT2D eigenvalue weighted by molar-refractivity contribution is -0.136. The monoisotopic (exact) mass is 442 g/mol. The number of carboxylic acids is 2. The largest absolute Gasteiger partial charge is 0.478 e. The van der Waals surface area contributed by atoms with E-state index in [0.29, 0.717) is 0 Å². The van der Waals surface area contributed by atoms with Gasteiger partial charge in [0.25, 0.3) is 0 Å². The van der Waals surface area contributed by atoms with Crippen LogP contribution in [0.5, 0.6) is 0 Å². The molecule has 0 spiro atoms. The molecule has 0 saturated carbocycles. The molecule has 0 aromatic rings. The van der Waals surface area contributed by atoms with Crippen LogP contribution in [0.4, 0.5) is 0 Å². The first-order valence-electron chi connectivity index (χ1n) is 8.88. The fraction of sp³-hybridized carbons (Fsp3) is 0.750. The van der Waals surface area contributed by atoms with Crippen LogP contribution in [-0.4, -0.2) is 62.6 Å². The summed E-state index contributed by atoms with van der Waals surface area (Å²) >= 11 is 0. The molecule has 10 nitrogen and oxygen atoms in total. The number of hydrogen-bond acceptors (Lipinski definition) is 6. The molecule has 0 heterocycles. The quantitative estimate of drug-likeness (QED) is 0.225. The fourth-order valence-electron chi connectivity index (χ4n) is 2.07. The normalized spacial score (nSPS) is 13.6. The van der Waals surface area contributed by atoms with Gasteiger partial charge in [-0.05, 0) is 53.4 Å². The van der Waals surface area contributed by atoms with E-state index in [1.54, 1.807) is 0 Å². The molecule has 0 fully saturated rings. The SMILES string of the molecule is CC(C)S(=O)(=O)NCCC/C(C(=O)O)=C(/CCCNS(=O)(=O)C(C)C)C(=O)O. The molecule has 28 heavy (non-hydrogen) atoms. The predicted octanol–water partition coefficient (Wildman–Crippen LogP) is 0.668. The van der Waals surface area contributed by atoms with Crippen molar-refractivity contribution < 1.29 is 36.6 Å². The highest BCUT2D eigenvalue weighted by molar-refractivity contribution is 7.90. The van der Waals surface area contributed by atoms with Gasteiger partial charge < -0.3 is 10.2 Å². The lowest BCUT2D eigenvalue weighted by Gasteiger charge is -2.12. The standard InChI is InChI=1S/C16H30N2O8S2/c1-11(2)27(23,24)17-9-5-7-13(15(19)20)14(16(21)22)8-6-10-18-28(25,26)12(3)4/h11-12,17-18H,5-10H2,1-4H3,(H,19,20)(H,21,22)/b14-13+. The van der Waals surface area contributed by atoms with E-state index >= 15 is 0 Å². The number of nitrogens with one attached hydrogen (secondary N) is 2. The lowest BCUT2D eigenvalue weighted by Crippen LogP contribution is -2.32. The van der Waals surface area contributed by atoms with Crippen molar-refractivity contribution in [2.24, 2.45) is 0 Å². The molecule has 0 aliphatic carbocycles. The van der Waals surface area contributed by atoms with Gasteiger partial charge in [-0.2, -0.15) is 0 Å². The number of carbonyl (C=O) groups is 2. The second-order valence-corrected chi connectivity index (χ2v) is 11.4. The minimum atomic E-state index is -3.49. The zero-order chi connectivity index (χ0) is 22.1. The summed E-state index contributed by atoms with van der Waals surface area (Å²) in [5.41, 5.74) is -0.633. The molecule has 0 saturated heterocycles. The third kappa shape index (κ3) is 9.13. The first kappa shape index (κ1) is 26.5. The van der Waals surface area contributed by atoms with E-state index in [9.17, 15) is 36.6 Å². The topological polar surface area (TPSA) is 167 Å². The van der Waals surface area contributed by atoms with Gasteiger partial charge >= 0.3 is 11.9 Å². The molecular formula is C16H30N2O8S2. The zero-order valence-corrected chi connectivity index (χ0v) is 18.2. The lowest BCUT2D eigenvalue weighted by atomic mass is 9.99. The number of carboxylic acid groups (broad SMARTS) is 2. The van der Waals surface area contributed by atoms with Crippen LogP contribution < -0.4 is 9.44 Å². The first-order valence-corrected chi connectivity index (χ1v) is 12.0. The zero-order valence-electron chi connectivity index (χ0n) is 16.6. The predicted molar refractivity (Wildman–Crippen MR) is 105 cm³/mol. The summed E-state index contributed by atoms with van der Waals surface area (Å²) in [6.45, 7) is 5.97. The highest BCUT2D eigenvalue weighted by atomic mass is 32.2.